The van der Waals surface area contributed by atoms with Crippen molar-refractivity contribution in [2.75, 3.05) is 11.4 Å². The number of carbonyl (C=O) groups is 1. The lowest BCUT2D eigenvalue weighted by molar-refractivity contribution is -0.140. The van der Waals surface area contributed by atoms with E-state index in [1.807, 2.05) is 35.2 Å². The maximum atomic E-state index is 13.4. The van der Waals surface area contributed by atoms with Crippen LogP contribution >= 0.6 is 0 Å². The summed E-state index contributed by atoms with van der Waals surface area (Å²) >= 11 is 0. The highest BCUT2D eigenvalue weighted by Gasteiger charge is 2.17. The van der Waals surface area contributed by atoms with Crippen LogP contribution in [0.5, 0.6) is 0 Å². The van der Waals surface area contributed by atoms with E-state index in [1.165, 1.54) is 12.1 Å². The van der Waals surface area contributed by atoms with Crippen LogP contribution in [0.1, 0.15) is 12.5 Å². The van der Waals surface area contributed by atoms with Crippen LogP contribution < -0.4 is 4.90 Å². The Labute approximate surface area is 123 Å². The number of anilines is 1. The molecule has 0 fully saturated rings. The van der Waals surface area contributed by atoms with Gasteiger partial charge in [0.25, 0.3) is 0 Å². The van der Waals surface area contributed by atoms with Crippen LogP contribution in [-0.4, -0.2) is 17.6 Å². The quantitative estimate of drug-likeness (QED) is 0.883. The number of carboxylic acids is 1. The molecule has 2 aromatic carbocycles. The standard InChI is InChI=1S/C17H18FNO2/c1-13(17(20)21)11-19(12-14-6-3-2-4-7-14)16-9-5-8-15(18)10-16/h2-10,13H,11-12H2,1H3,(H,20,21). The van der Waals surface area contributed by atoms with Crippen molar-refractivity contribution >= 4 is 11.7 Å². The van der Waals surface area contributed by atoms with Gasteiger partial charge < -0.3 is 10.0 Å². The summed E-state index contributed by atoms with van der Waals surface area (Å²) in [6.45, 7) is 2.52. The Kier molecular flexibility index (Phi) is 4.93. The van der Waals surface area contributed by atoms with Crippen molar-refractivity contribution in [3.05, 3.63) is 66.0 Å². The van der Waals surface area contributed by atoms with E-state index < -0.39 is 11.9 Å². The molecule has 0 radical (unpaired) electrons. The fourth-order valence-corrected chi connectivity index (χ4v) is 2.15. The first-order valence-corrected chi connectivity index (χ1v) is 6.83. The van der Waals surface area contributed by atoms with Gasteiger partial charge in [-0.3, -0.25) is 4.79 Å². The predicted octanol–water partition coefficient (Wildman–Crippen LogP) is 3.55. The van der Waals surface area contributed by atoms with Gasteiger partial charge in [0, 0.05) is 18.8 Å². The second-order valence-corrected chi connectivity index (χ2v) is 5.09. The fraction of sp³-hybridized carbons (Fsp3) is 0.235. The molecule has 0 amide bonds. The van der Waals surface area contributed by atoms with Gasteiger partial charge in [-0.05, 0) is 23.8 Å². The number of nitrogens with zero attached hydrogens (tertiary/aromatic N) is 1. The molecular weight excluding hydrogens is 269 g/mol. The maximum absolute atomic E-state index is 13.4. The van der Waals surface area contributed by atoms with Crippen LogP contribution in [0.4, 0.5) is 10.1 Å². The Morgan fingerprint density at radius 3 is 2.52 bits per heavy atom. The highest BCUT2D eigenvalue weighted by atomic mass is 19.1. The molecule has 0 aromatic heterocycles. The minimum atomic E-state index is -0.857. The number of halogens is 1. The largest absolute Gasteiger partial charge is 0.481 e. The number of hydrogen-bond acceptors (Lipinski definition) is 2. The Morgan fingerprint density at radius 1 is 1.19 bits per heavy atom. The summed E-state index contributed by atoms with van der Waals surface area (Å²) in [7, 11) is 0. The Morgan fingerprint density at radius 2 is 1.90 bits per heavy atom. The molecule has 1 atom stereocenters. The van der Waals surface area contributed by atoms with Gasteiger partial charge in [-0.1, -0.05) is 43.3 Å². The second-order valence-electron chi connectivity index (χ2n) is 5.09. The number of aliphatic carboxylic acids is 1. The third-order valence-electron chi connectivity index (χ3n) is 3.31. The second kappa shape index (κ2) is 6.88. The molecule has 0 aliphatic carbocycles. The summed E-state index contributed by atoms with van der Waals surface area (Å²) in [4.78, 5) is 13.0. The van der Waals surface area contributed by atoms with Gasteiger partial charge in [0.15, 0.2) is 0 Å². The van der Waals surface area contributed by atoms with Crippen molar-refractivity contribution in [1.82, 2.24) is 0 Å². The molecule has 0 bridgehead atoms. The van der Waals surface area contributed by atoms with Gasteiger partial charge in [-0.2, -0.15) is 0 Å². The zero-order chi connectivity index (χ0) is 15.2. The fourth-order valence-electron chi connectivity index (χ4n) is 2.15. The van der Waals surface area contributed by atoms with Gasteiger partial charge in [0.1, 0.15) is 5.82 Å². The van der Waals surface area contributed by atoms with Crippen molar-refractivity contribution in [1.29, 1.82) is 0 Å². The Balaban J connectivity index is 2.23. The molecule has 1 unspecified atom stereocenters. The highest BCUT2D eigenvalue weighted by Crippen LogP contribution is 2.20. The van der Waals surface area contributed by atoms with Crippen molar-refractivity contribution < 1.29 is 14.3 Å². The minimum absolute atomic E-state index is 0.325. The molecule has 0 spiro atoms. The molecule has 4 heteroatoms. The van der Waals surface area contributed by atoms with Crippen LogP contribution in [0.25, 0.3) is 0 Å². The van der Waals surface area contributed by atoms with Gasteiger partial charge in [-0.15, -0.1) is 0 Å². The van der Waals surface area contributed by atoms with Gasteiger partial charge in [0.05, 0.1) is 5.92 Å². The van der Waals surface area contributed by atoms with E-state index in [2.05, 4.69) is 0 Å². The lowest BCUT2D eigenvalue weighted by Crippen LogP contribution is -2.31. The molecule has 2 rings (SSSR count). The minimum Gasteiger partial charge on any atom is -0.481 e. The van der Waals surface area contributed by atoms with E-state index in [-0.39, 0.29) is 5.82 Å². The van der Waals surface area contributed by atoms with E-state index in [0.29, 0.717) is 18.8 Å². The Bertz CT molecular complexity index is 601. The lowest BCUT2D eigenvalue weighted by Gasteiger charge is -2.27. The molecule has 2 aromatic rings. The van der Waals surface area contributed by atoms with Crippen LogP contribution in [0, 0.1) is 11.7 Å². The first-order chi connectivity index (χ1) is 10.1. The average molecular weight is 287 g/mol. The summed E-state index contributed by atoms with van der Waals surface area (Å²) in [5.41, 5.74) is 1.74. The summed E-state index contributed by atoms with van der Waals surface area (Å²) in [5.74, 6) is -1.71. The SMILES string of the molecule is CC(CN(Cc1ccccc1)c1cccc(F)c1)C(=O)O. The average Bonchev–Trinajstić information content (AvgIpc) is 2.47. The molecule has 110 valence electrons. The number of hydrogen-bond donors (Lipinski definition) is 1. The molecule has 0 saturated carbocycles. The summed E-state index contributed by atoms with van der Waals surface area (Å²) in [5, 5.41) is 9.10. The van der Waals surface area contributed by atoms with Crippen LogP contribution in [-0.2, 0) is 11.3 Å². The van der Waals surface area contributed by atoms with Crippen LogP contribution in [0.2, 0.25) is 0 Å². The molecular formula is C17H18FNO2. The monoisotopic (exact) mass is 287 g/mol. The van der Waals surface area contributed by atoms with Crippen LogP contribution in [0.3, 0.4) is 0 Å². The third kappa shape index (κ3) is 4.31. The first kappa shape index (κ1) is 15.0. The predicted molar refractivity (Wildman–Crippen MR) is 80.7 cm³/mol. The van der Waals surface area contributed by atoms with Crippen molar-refractivity contribution in [3.8, 4) is 0 Å². The number of benzene rings is 2. The van der Waals surface area contributed by atoms with E-state index in [4.69, 9.17) is 5.11 Å². The normalized spacial score (nSPS) is 11.9. The first-order valence-electron chi connectivity index (χ1n) is 6.83. The summed E-state index contributed by atoms with van der Waals surface area (Å²) < 4.78 is 13.4. The summed E-state index contributed by atoms with van der Waals surface area (Å²) in [6, 6.07) is 16.0. The highest BCUT2D eigenvalue weighted by molar-refractivity contribution is 5.70. The van der Waals surface area contributed by atoms with E-state index in [1.54, 1.807) is 19.1 Å². The maximum Gasteiger partial charge on any atom is 0.308 e. The molecule has 21 heavy (non-hydrogen) atoms. The zero-order valence-corrected chi connectivity index (χ0v) is 11.9. The molecule has 1 N–H and O–H groups in total. The molecule has 0 saturated heterocycles. The van der Waals surface area contributed by atoms with E-state index >= 15 is 0 Å². The van der Waals surface area contributed by atoms with Crippen molar-refractivity contribution in [2.45, 2.75) is 13.5 Å². The topological polar surface area (TPSA) is 40.5 Å². The van der Waals surface area contributed by atoms with E-state index in [9.17, 15) is 9.18 Å². The number of rotatable bonds is 6. The van der Waals surface area contributed by atoms with Gasteiger partial charge in [0.2, 0.25) is 0 Å². The van der Waals surface area contributed by atoms with Gasteiger partial charge in [-0.25, -0.2) is 4.39 Å². The smallest absolute Gasteiger partial charge is 0.308 e. The van der Waals surface area contributed by atoms with Gasteiger partial charge >= 0.3 is 5.97 Å². The Hall–Kier alpha value is -2.36. The molecule has 0 aliphatic rings. The third-order valence-corrected chi connectivity index (χ3v) is 3.31. The number of carboxylic acid groups (broad SMARTS) is 1. The molecule has 0 heterocycles. The van der Waals surface area contributed by atoms with E-state index in [0.717, 1.165) is 5.56 Å². The van der Waals surface area contributed by atoms with Crippen molar-refractivity contribution in [3.63, 3.8) is 0 Å². The zero-order valence-electron chi connectivity index (χ0n) is 11.9. The van der Waals surface area contributed by atoms with Crippen molar-refractivity contribution in [2.24, 2.45) is 5.92 Å². The van der Waals surface area contributed by atoms with Crippen LogP contribution in [0.15, 0.2) is 54.6 Å². The lowest BCUT2D eigenvalue weighted by atomic mass is 10.1. The summed E-state index contributed by atoms with van der Waals surface area (Å²) in [6.07, 6.45) is 0. The molecule has 0 aliphatic heterocycles. The molecule has 3 nitrogen and oxygen atoms in total.